The number of likely N-dealkylation sites (N-methyl/N-ethyl adjacent to an activating group) is 1. The van der Waals surface area contributed by atoms with E-state index in [1.807, 2.05) is 0 Å². The highest BCUT2D eigenvalue weighted by Crippen LogP contribution is 2.38. The molecule has 1 aliphatic rings. The van der Waals surface area contributed by atoms with E-state index in [4.69, 9.17) is 4.74 Å². The van der Waals surface area contributed by atoms with Crippen molar-refractivity contribution in [2.75, 3.05) is 44.9 Å². The summed E-state index contributed by atoms with van der Waals surface area (Å²) in [4.78, 5) is 27.5. The Bertz CT molecular complexity index is 863. The summed E-state index contributed by atoms with van der Waals surface area (Å²) in [6.07, 6.45) is 0. The largest absolute Gasteiger partial charge is 0.497 e. The topological polar surface area (TPSA) is 63.1 Å². The molecule has 2 amide bonds. The number of amides is 2. The Balaban J connectivity index is 1.54. The van der Waals surface area contributed by atoms with Crippen molar-refractivity contribution in [1.82, 2.24) is 4.90 Å². The lowest BCUT2D eigenvalue weighted by Crippen LogP contribution is -3.11. The lowest BCUT2D eigenvalue weighted by molar-refractivity contribution is -0.862. The van der Waals surface area contributed by atoms with Gasteiger partial charge in [-0.25, -0.2) is 4.39 Å². The number of benzene rings is 2. The zero-order chi connectivity index (χ0) is 20.8. The molecule has 2 N–H and O–H groups in total. The fraction of sp³-hybridized carbons (Fsp3) is 0.333. The van der Waals surface area contributed by atoms with E-state index in [2.05, 4.69) is 5.32 Å². The molecule has 0 radical (unpaired) electrons. The summed E-state index contributed by atoms with van der Waals surface area (Å²) in [7, 11) is 3.38. The number of rotatable bonds is 7. The number of ether oxygens (including phenoxy) is 1. The second kappa shape index (κ2) is 9.76. The molecule has 1 heterocycles. The molecule has 2 atom stereocenters. The molecule has 154 valence electrons. The molecule has 0 aromatic heterocycles. The molecule has 1 aliphatic heterocycles. The highest BCUT2D eigenvalue weighted by Gasteiger charge is 2.33. The Morgan fingerprint density at radius 3 is 2.62 bits per heavy atom. The summed E-state index contributed by atoms with van der Waals surface area (Å²) in [5.41, 5.74) is 1.20. The van der Waals surface area contributed by atoms with Gasteiger partial charge < -0.3 is 19.9 Å². The highest BCUT2D eigenvalue weighted by molar-refractivity contribution is 7.99. The van der Waals surface area contributed by atoms with Gasteiger partial charge in [-0.2, -0.15) is 0 Å². The molecule has 2 aromatic rings. The predicted octanol–water partition coefficient (Wildman–Crippen LogP) is 1.56. The number of halogens is 1. The van der Waals surface area contributed by atoms with E-state index in [0.717, 1.165) is 10.7 Å². The number of hydrogen-bond acceptors (Lipinski definition) is 4. The summed E-state index contributed by atoms with van der Waals surface area (Å²) in [5.74, 6) is 0.912. The van der Waals surface area contributed by atoms with E-state index < -0.39 is 0 Å². The number of methoxy groups -OCH3 is 1. The second-order valence-corrected chi connectivity index (χ2v) is 8.11. The third-order valence-electron chi connectivity index (χ3n) is 4.67. The van der Waals surface area contributed by atoms with Gasteiger partial charge in [-0.15, -0.1) is 11.8 Å². The first-order chi connectivity index (χ1) is 14.0. The first-order valence-electron chi connectivity index (χ1n) is 9.38. The zero-order valence-electron chi connectivity index (χ0n) is 16.5. The molecule has 1 saturated heterocycles. The molecule has 0 bridgehead atoms. The summed E-state index contributed by atoms with van der Waals surface area (Å²) in [6, 6.07) is 13.6. The number of quaternary nitrogens is 1. The number of carbonyl (C=O) groups is 2. The van der Waals surface area contributed by atoms with Crippen molar-refractivity contribution in [3.05, 3.63) is 59.9 Å². The van der Waals surface area contributed by atoms with Crippen LogP contribution in [0, 0.1) is 5.82 Å². The van der Waals surface area contributed by atoms with Gasteiger partial charge in [-0.1, -0.05) is 18.2 Å². The van der Waals surface area contributed by atoms with Gasteiger partial charge in [0.2, 0.25) is 0 Å². The maximum Gasteiger partial charge on any atom is 0.279 e. The smallest absolute Gasteiger partial charge is 0.279 e. The number of nitrogens with zero attached hydrogens (tertiary/aromatic N) is 1. The number of nitrogens with one attached hydrogen (secondary N) is 2. The van der Waals surface area contributed by atoms with Crippen LogP contribution in [0.1, 0.15) is 10.9 Å². The fourth-order valence-electron chi connectivity index (χ4n) is 3.23. The van der Waals surface area contributed by atoms with Gasteiger partial charge in [0.1, 0.15) is 16.9 Å². The van der Waals surface area contributed by atoms with Crippen LogP contribution >= 0.6 is 11.8 Å². The van der Waals surface area contributed by atoms with Crippen LogP contribution in [0.4, 0.5) is 10.1 Å². The van der Waals surface area contributed by atoms with E-state index in [-0.39, 0.29) is 36.1 Å². The lowest BCUT2D eigenvalue weighted by Gasteiger charge is -2.25. The second-order valence-electron chi connectivity index (χ2n) is 6.92. The molecular weight excluding hydrogens is 393 g/mol. The first-order valence-corrected chi connectivity index (χ1v) is 10.4. The number of anilines is 1. The molecule has 29 heavy (non-hydrogen) atoms. The Hall–Kier alpha value is -2.58. The van der Waals surface area contributed by atoms with Crippen molar-refractivity contribution in [2.45, 2.75) is 5.37 Å². The number of thioether (sulfide) groups is 1. The van der Waals surface area contributed by atoms with Crippen molar-refractivity contribution in [3.63, 3.8) is 0 Å². The lowest BCUT2D eigenvalue weighted by atomic mass is 10.2. The van der Waals surface area contributed by atoms with Gasteiger partial charge in [-0.05, 0) is 30.3 Å². The van der Waals surface area contributed by atoms with Crippen LogP contribution < -0.4 is 15.0 Å². The normalized spacial score (nSPS) is 17.1. The maximum absolute atomic E-state index is 14.2. The van der Waals surface area contributed by atoms with E-state index >= 15 is 0 Å². The van der Waals surface area contributed by atoms with Crippen LogP contribution in [0.3, 0.4) is 0 Å². The van der Waals surface area contributed by atoms with Gasteiger partial charge in [0, 0.05) is 23.5 Å². The van der Waals surface area contributed by atoms with Gasteiger partial charge in [0.15, 0.2) is 13.1 Å². The van der Waals surface area contributed by atoms with Crippen molar-refractivity contribution >= 4 is 29.3 Å². The summed E-state index contributed by atoms with van der Waals surface area (Å²) >= 11 is 1.56. The highest BCUT2D eigenvalue weighted by atomic mass is 32.2. The molecule has 0 spiro atoms. The van der Waals surface area contributed by atoms with Crippen molar-refractivity contribution in [3.8, 4) is 5.75 Å². The standard InChI is InChI=1S/C21H24FN3O3S/c1-24(13-19(26)23-15-7-9-16(28-2)10-8-15)14-20(27)25-11-12-29-21(25)17-5-3-4-6-18(17)22/h3-10,21H,11-14H2,1-2H3,(H,23,26)/p+1/t21-/m1/s1. The summed E-state index contributed by atoms with van der Waals surface area (Å²) in [6.45, 7) is 0.901. The van der Waals surface area contributed by atoms with Crippen molar-refractivity contribution in [2.24, 2.45) is 0 Å². The molecule has 0 aliphatic carbocycles. The molecule has 8 heteroatoms. The fourth-order valence-corrected chi connectivity index (χ4v) is 4.53. The Labute approximate surface area is 174 Å². The SMILES string of the molecule is COc1ccc(NC(=O)C[NH+](C)CC(=O)N2CCS[C@@H]2c2ccccc2F)cc1. The predicted molar refractivity (Wildman–Crippen MR) is 112 cm³/mol. The third-order valence-corrected chi connectivity index (χ3v) is 5.91. The Kier molecular flexibility index (Phi) is 7.11. The van der Waals surface area contributed by atoms with Gasteiger partial charge in [-0.3, -0.25) is 9.59 Å². The van der Waals surface area contributed by atoms with Crippen LogP contribution in [-0.4, -0.2) is 56.3 Å². The van der Waals surface area contributed by atoms with Gasteiger partial charge >= 0.3 is 0 Å². The molecule has 1 unspecified atom stereocenters. The minimum absolute atomic E-state index is 0.0852. The minimum Gasteiger partial charge on any atom is -0.497 e. The van der Waals surface area contributed by atoms with Crippen LogP contribution in [0.2, 0.25) is 0 Å². The van der Waals surface area contributed by atoms with Crippen LogP contribution in [-0.2, 0) is 9.59 Å². The van der Waals surface area contributed by atoms with Gasteiger partial charge in [0.25, 0.3) is 11.8 Å². The Morgan fingerprint density at radius 1 is 1.21 bits per heavy atom. The molecule has 2 aromatic carbocycles. The quantitative estimate of drug-likeness (QED) is 0.717. The van der Waals surface area contributed by atoms with Gasteiger partial charge in [0.05, 0.1) is 14.2 Å². The molecular formula is C21H25FN3O3S+. The molecule has 0 saturated carbocycles. The molecule has 6 nitrogen and oxygen atoms in total. The third kappa shape index (κ3) is 5.48. The van der Waals surface area contributed by atoms with Crippen LogP contribution in [0.15, 0.2) is 48.5 Å². The maximum atomic E-state index is 14.2. The molecule has 3 rings (SSSR count). The average Bonchev–Trinajstić information content (AvgIpc) is 3.18. The van der Waals surface area contributed by atoms with Crippen LogP contribution in [0.5, 0.6) is 5.75 Å². The van der Waals surface area contributed by atoms with E-state index in [9.17, 15) is 14.0 Å². The van der Waals surface area contributed by atoms with E-state index in [1.54, 1.807) is 73.3 Å². The van der Waals surface area contributed by atoms with E-state index in [0.29, 0.717) is 23.5 Å². The number of carbonyl (C=O) groups excluding carboxylic acids is 2. The number of hydrogen-bond donors (Lipinski definition) is 2. The van der Waals surface area contributed by atoms with Crippen molar-refractivity contribution < 1.29 is 23.6 Å². The molecule has 1 fully saturated rings. The van der Waals surface area contributed by atoms with Crippen molar-refractivity contribution in [1.29, 1.82) is 0 Å². The average molecular weight is 419 g/mol. The van der Waals surface area contributed by atoms with E-state index in [1.165, 1.54) is 6.07 Å². The first kappa shape index (κ1) is 21.1. The zero-order valence-corrected chi connectivity index (χ0v) is 17.3. The summed E-state index contributed by atoms with van der Waals surface area (Å²) in [5, 5.41) is 2.50. The Morgan fingerprint density at radius 2 is 1.93 bits per heavy atom. The minimum atomic E-state index is -0.315. The van der Waals surface area contributed by atoms with Crippen LogP contribution in [0.25, 0.3) is 0 Å². The monoisotopic (exact) mass is 418 g/mol. The summed E-state index contributed by atoms with van der Waals surface area (Å²) < 4.78 is 19.2.